The first-order valence-corrected chi connectivity index (χ1v) is 10.0. The third-order valence-electron chi connectivity index (χ3n) is 4.21. The number of hydrogen-bond acceptors (Lipinski definition) is 4. The fourth-order valence-electron chi connectivity index (χ4n) is 2.97. The van der Waals surface area contributed by atoms with E-state index in [1.165, 1.54) is 0 Å². The summed E-state index contributed by atoms with van der Waals surface area (Å²) in [6.45, 7) is 0.640. The summed E-state index contributed by atoms with van der Waals surface area (Å²) in [6.07, 6.45) is 6.25. The van der Waals surface area contributed by atoms with Gasteiger partial charge in [0.05, 0.1) is 5.75 Å². The molecule has 2 aromatic rings. The molecule has 0 N–H and O–H groups in total. The molecule has 5 nitrogen and oxygen atoms in total. The predicted molar refractivity (Wildman–Crippen MR) is 103 cm³/mol. The van der Waals surface area contributed by atoms with Crippen LogP contribution in [0.1, 0.15) is 12.0 Å². The minimum absolute atomic E-state index is 0.0813. The zero-order valence-electron chi connectivity index (χ0n) is 14.1. The number of amidine groups is 1. The first kappa shape index (κ1) is 16.6. The fourth-order valence-corrected chi connectivity index (χ4v) is 4.02. The Morgan fingerprint density at radius 3 is 2.46 bits per heavy atom. The molecular formula is C20H18N2O3S. The summed E-state index contributed by atoms with van der Waals surface area (Å²) in [5.74, 6) is 2.06. The van der Waals surface area contributed by atoms with Crippen LogP contribution in [0.2, 0.25) is 0 Å². The Kier molecular flexibility index (Phi) is 4.34. The molecule has 26 heavy (non-hydrogen) atoms. The number of rotatable bonds is 3. The second-order valence-electron chi connectivity index (χ2n) is 6.11. The van der Waals surface area contributed by atoms with Gasteiger partial charge in [-0.1, -0.05) is 30.3 Å². The summed E-state index contributed by atoms with van der Waals surface area (Å²) in [6, 6.07) is 17.1. The highest BCUT2D eigenvalue weighted by Crippen LogP contribution is 2.28. The largest absolute Gasteiger partial charge is 0.457 e. The van der Waals surface area contributed by atoms with E-state index in [4.69, 9.17) is 4.74 Å². The van der Waals surface area contributed by atoms with Crippen molar-refractivity contribution in [1.29, 1.82) is 0 Å². The maximum Gasteiger partial charge on any atom is 0.255 e. The molecule has 0 unspecified atom stereocenters. The smallest absolute Gasteiger partial charge is 0.255 e. The summed E-state index contributed by atoms with van der Waals surface area (Å²) in [4.78, 5) is 1.90. The predicted octanol–water partition coefficient (Wildman–Crippen LogP) is 3.82. The summed E-state index contributed by atoms with van der Waals surface area (Å²) in [5.41, 5.74) is 1.69. The number of allylic oxidation sites excluding steroid dienone is 2. The maximum absolute atomic E-state index is 12.1. The first-order chi connectivity index (χ1) is 12.6. The number of para-hydroxylation sites is 1. The lowest BCUT2D eigenvalue weighted by molar-refractivity contribution is 0.482. The van der Waals surface area contributed by atoms with Gasteiger partial charge in [-0.2, -0.15) is 0 Å². The van der Waals surface area contributed by atoms with Gasteiger partial charge in [-0.05, 0) is 48.4 Å². The minimum atomic E-state index is -3.43. The fraction of sp³-hybridized carbons (Fsp3) is 0.150. The van der Waals surface area contributed by atoms with Gasteiger partial charge in [-0.25, -0.2) is 8.42 Å². The molecule has 2 aromatic carbocycles. The highest BCUT2D eigenvalue weighted by Gasteiger charge is 2.25. The van der Waals surface area contributed by atoms with Crippen molar-refractivity contribution in [2.45, 2.75) is 6.42 Å². The van der Waals surface area contributed by atoms with E-state index in [1.54, 1.807) is 0 Å². The van der Waals surface area contributed by atoms with Crippen LogP contribution >= 0.6 is 0 Å². The number of hydrogen-bond donors (Lipinski definition) is 0. The van der Waals surface area contributed by atoms with Gasteiger partial charge in [0.2, 0.25) is 0 Å². The lowest BCUT2D eigenvalue weighted by Crippen LogP contribution is -2.28. The molecule has 0 atom stereocenters. The summed E-state index contributed by atoms with van der Waals surface area (Å²) >= 11 is 0. The molecule has 0 saturated heterocycles. The van der Waals surface area contributed by atoms with Gasteiger partial charge in [-0.3, -0.25) is 0 Å². The highest BCUT2D eigenvalue weighted by molar-refractivity contribution is 7.90. The maximum atomic E-state index is 12.1. The van der Waals surface area contributed by atoms with E-state index in [1.807, 2.05) is 77.8 Å². The molecule has 0 spiro atoms. The van der Waals surface area contributed by atoms with E-state index in [-0.39, 0.29) is 5.75 Å². The number of ether oxygens (including phenoxy) is 1. The molecule has 0 radical (unpaired) electrons. The SMILES string of the molecule is O=S1(=O)CCCN2C=CC=C(c3ccc(Oc4ccccc4)cc3)C2=N1. The Balaban J connectivity index is 1.63. The van der Waals surface area contributed by atoms with Crippen LogP contribution in [0.3, 0.4) is 0 Å². The molecule has 6 heteroatoms. The molecule has 2 aliphatic rings. The Morgan fingerprint density at radius 2 is 1.69 bits per heavy atom. The zero-order valence-corrected chi connectivity index (χ0v) is 14.9. The van der Waals surface area contributed by atoms with Crippen molar-refractivity contribution in [1.82, 2.24) is 4.90 Å². The Hall–Kier alpha value is -2.86. The van der Waals surface area contributed by atoms with Crippen LogP contribution in [0.15, 0.2) is 77.3 Å². The van der Waals surface area contributed by atoms with E-state index in [9.17, 15) is 8.42 Å². The second-order valence-corrected chi connectivity index (χ2v) is 7.86. The number of benzene rings is 2. The van der Waals surface area contributed by atoms with Gasteiger partial charge in [0.15, 0.2) is 5.84 Å². The van der Waals surface area contributed by atoms with Crippen molar-refractivity contribution in [3.8, 4) is 11.5 Å². The molecule has 2 aliphatic heterocycles. The normalized spacial score (nSPS) is 18.4. The molecule has 132 valence electrons. The molecule has 0 saturated carbocycles. The van der Waals surface area contributed by atoms with Gasteiger partial charge in [0.25, 0.3) is 10.0 Å². The second kappa shape index (κ2) is 6.80. The van der Waals surface area contributed by atoms with E-state index in [0.717, 1.165) is 22.6 Å². The van der Waals surface area contributed by atoms with E-state index < -0.39 is 10.0 Å². The molecule has 0 amide bonds. The van der Waals surface area contributed by atoms with Gasteiger partial charge in [-0.15, -0.1) is 4.40 Å². The molecule has 0 fully saturated rings. The van der Waals surface area contributed by atoms with Crippen LogP contribution in [-0.2, 0) is 10.0 Å². The number of fused-ring (bicyclic) bond motifs is 1. The van der Waals surface area contributed by atoms with Crippen LogP contribution in [0.5, 0.6) is 11.5 Å². The summed E-state index contributed by atoms with van der Waals surface area (Å²) in [5, 5.41) is 0. The Morgan fingerprint density at radius 1 is 0.962 bits per heavy atom. The quantitative estimate of drug-likeness (QED) is 0.828. The standard InChI is InChI=1S/C20H18N2O3S/c23-26(24)15-5-14-22-13-4-8-19(20(22)21-26)16-9-11-18(12-10-16)25-17-6-2-1-3-7-17/h1-4,6-13H,5,14-15H2. The zero-order chi connectivity index (χ0) is 18.0. The molecule has 4 rings (SSSR count). The van der Waals surface area contributed by atoms with E-state index >= 15 is 0 Å². The van der Waals surface area contributed by atoms with Gasteiger partial charge >= 0.3 is 0 Å². The van der Waals surface area contributed by atoms with Crippen LogP contribution in [0.4, 0.5) is 0 Å². The number of sulfonamides is 1. The van der Waals surface area contributed by atoms with Crippen molar-refractivity contribution in [3.05, 3.63) is 78.5 Å². The topological polar surface area (TPSA) is 59.0 Å². The Labute approximate surface area is 153 Å². The number of nitrogens with zero attached hydrogens (tertiary/aromatic N) is 2. The monoisotopic (exact) mass is 366 g/mol. The Bertz CT molecular complexity index is 991. The van der Waals surface area contributed by atoms with E-state index in [2.05, 4.69) is 4.40 Å². The van der Waals surface area contributed by atoms with E-state index in [0.29, 0.717) is 18.8 Å². The van der Waals surface area contributed by atoms with Crippen molar-refractivity contribution in [2.75, 3.05) is 12.3 Å². The molecule has 0 aromatic heterocycles. The molecule has 0 bridgehead atoms. The van der Waals surface area contributed by atoms with Gasteiger partial charge in [0, 0.05) is 18.3 Å². The van der Waals surface area contributed by atoms with Crippen LogP contribution < -0.4 is 4.74 Å². The third kappa shape index (κ3) is 3.55. The molecular weight excluding hydrogens is 348 g/mol. The minimum Gasteiger partial charge on any atom is -0.457 e. The van der Waals surface area contributed by atoms with Crippen LogP contribution in [0, 0.1) is 0 Å². The van der Waals surface area contributed by atoms with Crippen molar-refractivity contribution in [3.63, 3.8) is 0 Å². The molecule has 0 aliphatic carbocycles. The van der Waals surface area contributed by atoms with Crippen molar-refractivity contribution in [2.24, 2.45) is 4.40 Å². The van der Waals surface area contributed by atoms with Crippen molar-refractivity contribution < 1.29 is 13.2 Å². The van der Waals surface area contributed by atoms with Crippen LogP contribution in [0.25, 0.3) is 5.57 Å². The lowest BCUT2D eigenvalue weighted by atomic mass is 10.0. The first-order valence-electron chi connectivity index (χ1n) is 8.42. The average molecular weight is 366 g/mol. The highest BCUT2D eigenvalue weighted by atomic mass is 32.2. The summed E-state index contributed by atoms with van der Waals surface area (Å²) < 4.78 is 34.0. The van der Waals surface area contributed by atoms with Crippen LogP contribution in [-0.4, -0.2) is 31.5 Å². The van der Waals surface area contributed by atoms with Crippen molar-refractivity contribution >= 4 is 21.4 Å². The van der Waals surface area contributed by atoms with Gasteiger partial charge in [0.1, 0.15) is 11.5 Å². The average Bonchev–Trinajstić information content (AvgIpc) is 2.80. The third-order valence-corrected chi connectivity index (χ3v) is 5.47. The van der Waals surface area contributed by atoms with Gasteiger partial charge < -0.3 is 9.64 Å². The summed E-state index contributed by atoms with van der Waals surface area (Å²) in [7, 11) is -3.43. The lowest BCUT2D eigenvalue weighted by Gasteiger charge is -2.24. The molecule has 2 heterocycles.